The third-order valence-corrected chi connectivity index (χ3v) is 5.06. The molecule has 2 N–H and O–H groups in total. The second kappa shape index (κ2) is 7.59. The lowest BCUT2D eigenvalue weighted by atomic mass is 9.90. The number of carbonyl (C=O) groups is 3. The van der Waals surface area contributed by atoms with Gasteiger partial charge in [0.1, 0.15) is 5.54 Å². The van der Waals surface area contributed by atoms with Gasteiger partial charge < -0.3 is 15.3 Å². The van der Waals surface area contributed by atoms with Gasteiger partial charge in [-0.2, -0.15) is 0 Å². The maximum atomic E-state index is 12.3. The molecule has 0 spiro atoms. The van der Waals surface area contributed by atoms with E-state index in [1.165, 1.54) is 16.2 Å². The Labute approximate surface area is 139 Å². The maximum absolute atomic E-state index is 12.3. The van der Waals surface area contributed by atoms with E-state index >= 15 is 0 Å². The van der Waals surface area contributed by atoms with E-state index < -0.39 is 17.4 Å². The SMILES string of the molecule is CN(CC(=O)NC1(C(=O)O)CCCCCC1)C(=O)c1cccs1. The Balaban J connectivity index is 1.99. The molecule has 0 aromatic carbocycles. The lowest BCUT2D eigenvalue weighted by Crippen LogP contribution is -2.56. The van der Waals surface area contributed by atoms with Crippen molar-refractivity contribution in [1.29, 1.82) is 0 Å². The zero-order chi connectivity index (χ0) is 16.9. The number of rotatable bonds is 5. The molecule has 23 heavy (non-hydrogen) atoms. The number of carboxylic acid groups (broad SMARTS) is 1. The van der Waals surface area contributed by atoms with Gasteiger partial charge in [0, 0.05) is 7.05 Å². The molecule has 0 aliphatic heterocycles. The summed E-state index contributed by atoms with van der Waals surface area (Å²) in [5.41, 5.74) is -1.19. The van der Waals surface area contributed by atoms with Gasteiger partial charge in [0.25, 0.3) is 5.91 Å². The van der Waals surface area contributed by atoms with Crippen molar-refractivity contribution >= 4 is 29.1 Å². The molecule has 0 unspecified atom stereocenters. The summed E-state index contributed by atoms with van der Waals surface area (Å²) in [5.74, 6) is -1.65. The van der Waals surface area contributed by atoms with E-state index in [4.69, 9.17) is 0 Å². The molecule has 126 valence electrons. The van der Waals surface area contributed by atoms with Crippen molar-refractivity contribution in [2.24, 2.45) is 0 Å². The van der Waals surface area contributed by atoms with Gasteiger partial charge >= 0.3 is 5.97 Å². The van der Waals surface area contributed by atoms with Gasteiger partial charge in [-0.15, -0.1) is 11.3 Å². The molecule has 1 heterocycles. The van der Waals surface area contributed by atoms with Crippen LogP contribution in [0.2, 0.25) is 0 Å². The van der Waals surface area contributed by atoms with Crippen molar-refractivity contribution in [2.45, 2.75) is 44.1 Å². The van der Waals surface area contributed by atoms with E-state index in [1.54, 1.807) is 24.6 Å². The molecule has 0 atom stereocenters. The van der Waals surface area contributed by atoms with Crippen molar-refractivity contribution in [3.05, 3.63) is 22.4 Å². The second-order valence-electron chi connectivity index (χ2n) is 5.99. The van der Waals surface area contributed by atoms with Gasteiger partial charge in [-0.1, -0.05) is 31.7 Å². The number of carbonyl (C=O) groups excluding carboxylic acids is 2. The highest BCUT2D eigenvalue weighted by Gasteiger charge is 2.40. The van der Waals surface area contributed by atoms with Gasteiger partial charge in [0.2, 0.25) is 5.91 Å². The molecular weight excluding hydrogens is 316 g/mol. The van der Waals surface area contributed by atoms with Crippen molar-refractivity contribution in [2.75, 3.05) is 13.6 Å². The smallest absolute Gasteiger partial charge is 0.329 e. The summed E-state index contributed by atoms with van der Waals surface area (Å²) < 4.78 is 0. The zero-order valence-corrected chi connectivity index (χ0v) is 14.0. The van der Waals surface area contributed by atoms with Crippen LogP contribution in [0.15, 0.2) is 17.5 Å². The summed E-state index contributed by atoms with van der Waals surface area (Å²) >= 11 is 1.31. The standard InChI is InChI=1S/C16H22N2O4S/c1-18(14(20)12-7-6-10-23-12)11-13(19)17-16(15(21)22)8-4-2-3-5-9-16/h6-7,10H,2-5,8-9,11H2,1H3,(H,17,19)(H,21,22). The Hall–Kier alpha value is -1.89. The maximum Gasteiger partial charge on any atom is 0.329 e. The molecule has 1 saturated carbocycles. The van der Waals surface area contributed by atoms with E-state index in [0.29, 0.717) is 17.7 Å². The predicted octanol–water partition coefficient (Wildman–Crippen LogP) is 2.11. The Kier molecular flexibility index (Phi) is 5.76. The normalized spacial score (nSPS) is 17.1. The summed E-state index contributed by atoms with van der Waals surface area (Å²) in [4.78, 5) is 37.9. The number of likely N-dealkylation sites (N-methyl/N-ethyl adjacent to an activating group) is 1. The molecule has 0 saturated heterocycles. The highest BCUT2D eigenvalue weighted by atomic mass is 32.1. The van der Waals surface area contributed by atoms with E-state index in [1.807, 2.05) is 0 Å². The number of amides is 2. The van der Waals surface area contributed by atoms with Gasteiger partial charge in [-0.3, -0.25) is 9.59 Å². The van der Waals surface area contributed by atoms with Crippen LogP contribution in [0.4, 0.5) is 0 Å². The van der Waals surface area contributed by atoms with Gasteiger partial charge in [-0.25, -0.2) is 4.79 Å². The zero-order valence-electron chi connectivity index (χ0n) is 13.2. The molecule has 6 nitrogen and oxygen atoms in total. The molecule has 2 rings (SSSR count). The van der Waals surface area contributed by atoms with Crippen LogP contribution in [-0.4, -0.2) is 46.9 Å². The first-order chi connectivity index (χ1) is 10.9. The summed E-state index contributed by atoms with van der Waals surface area (Å²) in [6.45, 7) is -0.147. The number of hydrogen-bond donors (Lipinski definition) is 2. The fraction of sp³-hybridized carbons (Fsp3) is 0.562. The Morgan fingerprint density at radius 3 is 2.43 bits per heavy atom. The molecule has 1 aromatic heterocycles. The Morgan fingerprint density at radius 1 is 1.26 bits per heavy atom. The van der Waals surface area contributed by atoms with E-state index in [0.717, 1.165) is 25.7 Å². The summed E-state index contributed by atoms with van der Waals surface area (Å²) in [7, 11) is 1.54. The van der Waals surface area contributed by atoms with E-state index in [-0.39, 0.29) is 12.5 Å². The first-order valence-electron chi connectivity index (χ1n) is 7.78. The third kappa shape index (κ3) is 4.31. The fourth-order valence-corrected chi connectivity index (χ4v) is 3.62. The summed E-state index contributed by atoms with van der Waals surface area (Å²) in [6.07, 6.45) is 4.43. The molecule has 2 amide bonds. The Bertz CT molecular complexity index is 563. The lowest BCUT2D eigenvalue weighted by molar-refractivity contribution is -0.148. The highest BCUT2D eigenvalue weighted by Crippen LogP contribution is 2.27. The minimum Gasteiger partial charge on any atom is -0.480 e. The molecular formula is C16H22N2O4S. The summed E-state index contributed by atoms with van der Waals surface area (Å²) in [5, 5.41) is 14.0. The number of carboxylic acids is 1. The van der Waals surface area contributed by atoms with Crippen LogP contribution in [0, 0.1) is 0 Å². The number of nitrogens with zero attached hydrogens (tertiary/aromatic N) is 1. The lowest BCUT2D eigenvalue weighted by Gasteiger charge is -2.30. The highest BCUT2D eigenvalue weighted by molar-refractivity contribution is 7.12. The van der Waals surface area contributed by atoms with Crippen LogP contribution < -0.4 is 5.32 Å². The first kappa shape index (κ1) is 17.5. The average Bonchev–Trinajstić information content (AvgIpc) is 2.93. The minimum atomic E-state index is -1.19. The largest absolute Gasteiger partial charge is 0.480 e. The molecule has 1 aliphatic rings. The molecule has 0 radical (unpaired) electrons. The van der Waals surface area contributed by atoms with Crippen LogP contribution in [0.25, 0.3) is 0 Å². The molecule has 7 heteroatoms. The molecule has 1 fully saturated rings. The third-order valence-electron chi connectivity index (χ3n) is 4.20. The average molecular weight is 338 g/mol. The van der Waals surface area contributed by atoms with Gasteiger partial charge in [-0.05, 0) is 24.3 Å². The van der Waals surface area contributed by atoms with Crippen molar-refractivity contribution in [3.63, 3.8) is 0 Å². The number of nitrogens with one attached hydrogen (secondary N) is 1. The second-order valence-corrected chi connectivity index (χ2v) is 6.94. The molecule has 0 bridgehead atoms. The van der Waals surface area contributed by atoms with E-state index in [2.05, 4.69) is 5.32 Å². The quantitative estimate of drug-likeness (QED) is 0.805. The monoisotopic (exact) mass is 338 g/mol. The minimum absolute atomic E-state index is 0.147. The number of hydrogen-bond acceptors (Lipinski definition) is 4. The van der Waals surface area contributed by atoms with Crippen LogP contribution in [0.5, 0.6) is 0 Å². The van der Waals surface area contributed by atoms with Crippen LogP contribution in [0.1, 0.15) is 48.2 Å². The predicted molar refractivity (Wildman–Crippen MR) is 87.5 cm³/mol. The molecule has 1 aromatic rings. The number of thiophene rings is 1. The van der Waals surface area contributed by atoms with Crippen molar-refractivity contribution in [1.82, 2.24) is 10.2 Å². The fourth-order valence-electron chi connectivity index (χ4n) is 2.91. The Morgan fingerprint density at radius 2 is 1.91 bits per heavy atom. The molecule has 1 aliphatic carbocycles. The number of aliphatic carboxylic acids is 1. The van der Waals surface area contributed by atoms with Crippen LogP contribution in [-0.2, 0) is 9.59 Å². The topological polar surface area (TPSA) is 86.7 Å². The van der Waals surface area contributed by atoms with Crippen LogP contribution in [0.3, 0.4) is 0 Å². The van der Waals surface area contributed by atoms with Crippen molar-refractivity contribution in [3.8, 4) is 0 Å². The first-order valence-corrected chi connectivity index (χ1v) is 8.66. The van der Waals surface area contributed by atoms with Crippen LogP contribution >= 0.6 is 11.3 Å². The van der Waals surface area contributed by atoms with Gasteiger partial charge in [0.15, 0.2) is 0 Å². The summed E-state index contributed by atoms with van der Waals surface area (Å²) in [6, 6.07) is 3.47. The van der Waals surface area contributed by atoms with Gasteiger partial charge in [0.05, 0.1) is 11.4 Å². The van der Waals surface area contributed by atoms with Crippen molar-refractivity contribution < 1.29 is 19.5 Å². The van der Waals surface area contributed by atoms with E-state index in [9.17, 15) is 19.5 Å².